The molecule has 1 aromatic rings. The minimum absolute atomic E-state index is 0.0311. The maximum absolute atomic E-state index is 13.0. The quantitative estimate of drug-likeness (QED) is 0.418. The third-order valence-electron chi connectivity index (χ3n) is 2.72. The first-order valence-electron chi connectivity index (χ1n) is 6.95. The summed E-state index contributed by atoms with van der Waals surface area (Å²) in [5, 5.41) is 9.67. The fourth-order valence-corrected chi connectivity index (χ4v) is 5.52. The van der Waals surface area contributed by atoms with Crippen molar-refractivity contribution >= 4 is 25.3 Å². The second kappa shape index (κ2) is 9.33. The summed E-state index contributed by atoms with van der Waals surface area (Å²) in [6, 6.07) is 9.13. The summed E-state index contributed by atoms with van der Waals surface area (Å²) in [4.78, 5) is 11.0. The normalized spacial score (nSPS) is 12.9. The van der Waals surface area contributed by atoms with Crippen molar-refractivity contribution in [3.63, 3.8) is 0 Å². The largest absolute Gasteiger partial charge is 0.347 e. The van der Waals surface area contributed by atoms with Gasteiger partial charge in [-0.25, -0.2) is 5.06 Å². The lowest BCUT2D eigenvalue weighted by atomic mass is 10.2. The van der Waals surface area contributed by atoms with E-state index in [0.29, 0.717) is 5.06 Å². The maximum atomic E-state index is 13.0. The minimum atomic E-state index is -3.43. The predicted molar refractivity (Wildman–Crippen MR) is 87.1 cm³/mol. The Kier molecular flexibility index (Phi) is 8.14. The molecule has 1 rings (SSSR count). The van der Waals surface area contributed by atoms with Gasteiger partial charge in [0.1, 0.15) is 4.99 Å². The highest BCUT2D eigenvalue weighted by Gasteiger charge is 2.37. The Bertz CT molecular complexity index is 501. The van der Waals surface area contributed by atoms with E-state index < -0.39 is 18.5 Å². The van der Waals surface area contributed by atoms with Crippen LogP contribution in [-0.4, -0.2) is 42.2 Å². The highest BCUT2D eigenvalue weighted by molar-refractivity contribution is 8.05. The van der Waals surface area contributed by atoms with Crippen molar-refractivity contribution < 1.29 is 23.6 Å². The van der Waals surface area contributed by atoms with Gasteiger partial charge in [0.05, 0.1) is 19.0 Å². The molecule has 0 heterocycles. The molecule has 1 N–H and O–H groups in total. The van der Waals surface area contributed by atoms with Gasteiger partial charge in [0.25, 0.3) is 5.91 Å². The number of rotatable bonds is 9. The average Bonchev–Trinajstić information content (AvgIpc) is 2.48. The summed E-state index contributed by atoms with van der Waals surface area (Å²) in [6.45, 7) is 3.97. The third-order valence-corrected chi connectivity index (χ3v) is 7.05. The fraction of sp³-hybridized carbons (Fsp3) is 0.500. The number of carbonyl (C=O) groups excluding carboxylic acids is 1. The second-order valence-corrected chi connectivity index (χ2v) is 7.92. The molecule has 0 saturated carbocycles. The van der Waals surface area contributed by atoms with E-state index in [1.165, 1.54) is 7.05 Å². The lowest BCUT2D eigenvalue weighted by Gasteiger charge is -2.26. The van der Waals surface area contributed by atoms with Crippen LogP contribution in [0.4, 0.5) is 0 Å². The van der Waals surface area contributed by atoms with E-state index in [9.17, 15) is 9.36 Å². The first-order valence-corrected chi connectivity index (χ1v) is 9.61. The summed E-state index contributed by atoms with van der Waals surface area (Å²) in [7, 11) is -2.17. The molecule has 1 amide bonds. The van der Waals surface area contributed by atoms with Crippen molar-refractivity contribution in [2.45, 2.75) is 18.8 Å². The van der Waals surface area contributed by atoms with E-state index in [1.807, 2.05) is 30.3 Å². The Labute approximate surface area is 135 Å². The van der Waals surface area contributed by atoms with Crippen LogP contribution in [-0.2, 0) is 18.4 Å². The molecule has 0 saturated heterocycles. The molecule has 6 nitrogen and oxygen atoms in total. The maximum Gasteiger partial charge on any atom is 0.347 e. The lowest BCUT2D eigenvalue weighted by molar-refractivity contribution is -0.155. The monoisotopic (exact) mass is 347 g/mol. The van der Waals surface area contributed by atoms with Gasteiger partial charge in [0.2, 0.25) is 0 Å². The van der Waals surface area contributed by atoms with E-state index in [-0.39, 0.29) is 19.0 Å². The van der Waals surface area contributed by atoms with Crippen LogP contribution < -0.4 is 0 Å². The molecule has 1 aromatic carbocycles. The van der Waals surface area contributed by atoms with Gasteiger partial charge in [-0.1, -0.05) is 30.3 Å². The van der Waals surface area contributed by atoms with Gasteiger partial charge < -0.3 is 9.05 Å². The van der Waals surface area contributed by atoms with Crippen molar-refractivity contribution in [3.05, 3.63) is 35.9 Å². The summed E-state index contributed by atoms with van der Waals surface area (Å²) in [6.07, 6.45) is 0. The number of hydroxylamine groups is 2. The zero-order valence-electron chi connectivity index (χ0n) is 13.0. The molecule has 0 fully saturated rings. The SMILES string of the molecule is CCOP(=O)(OCC)C(SCC(=O)N(C)O)c1ccccc1. The molecule has 0 spiro atoms. The zero-order valence-corrected chi connectivity index (χ0v) is 14.7. The molecule has 0 aliphatic heterocycles. The fourth-order valence-electron chi connectivity index (χ4n) is 1.76. The molecule has 22 heavy (non-hydrogen) atoms. The van der Waals surface area contributed by atoms with Crippen molar-refractivity contribution in [3.8, 4) is 0 Å². The molecule has 1 atom stereocenters. The third kappa shape index (κ3) is 5.41. The van der Waals surface area contributed by atoms with Gasteiger partial charge in [-0.15, -0.1) is 11.8 Å². The molecule has 124 valence electrons. The number of carbonyl (C=O) groups is 1. The van der Waals surface area contributed by atoms with Gasteiger partial charge in [0, 0.05) is 7.05 Å². The van der Waals surface area contributed by atoms with Gasteiger partial charge >= 0.3 is 7.60 Å². The molecule has 0 radical (unpaired) electrons. The minimum Gasteiger partial charge on any atom is -0.308 e. The van der Waals surface area contributed by atoms with Gasteiger partial charge in [-0.05, 0) is 19.4 Å². The summed E-state index contributed by atoms with van der Waals surface area (Å²) in [5.41, 5.74) is 0.756. The average molecular weight is 347 g/mol. The first kappa shape index (κ1) is 19.2. The molecule has 0 bridgehead atoms. The van der Waals surface area contributed by atoms with Crippen molar-refractivity contribution in [1.29, 1.82) is 0 Å². The Hall–Kier alpha value is -0.850. The van der Waals surface area contributed by atoms with E-state index in [4.69, 9.17) is 14.3 Å². The van der Waals surface area contributed by atoms with E-state index in [2.05, 4.69) is 0 Å². The summed E-state index contributed by atoms with van der Waals surface area (Å²) >= 11 is 1.13. The molecule has 1 unspecified atom stereocenters. The van der Waals surface area contributed by atoms with E-state index >= 15 is 0 Å². The molecular formula is C14H22NO5PS. The van der Waals surface area contributed by atoms with Crippen LogP contribution in [0.2, 0.25) is 0 Å². The molecule has 0 aliphatic rings. The van der Waals surface area contributed by atoms with Crippen LogP contribution in [0.1, 0.15) is 24.4 Å². The highest BCUT2D eigenvalue weighted by atomic mass is 32.2. The van der Waals surface area contributed by atoms with Crippen molar-refractivity contribution in [2.75, 3.05) is 26.0 Å². The first-order chi connectivity index (χ1) is 10.4. The topological polar surface area (TPSA) is 76.1 Å². The number of hydrogen-bond donors (Lipinski definition) is 1. The van der Waals surface area contributed by atoms with Crippen LogP contribution in [0.3, 0.4) is 0 Å². The Morgan fingerprint density at radius 2 is 1.82 bits per heavy atom. The molecular weight excluding hydrogens is 325 g/mol. The molecule has 0 aliphatic carbocycles. The van der Waals surface area contributed by atoms with E-state index in [0.717, 1.165) is 17.3 Å². The number of amides is 1. The Morgan fingerprint density at radius 1 is 1.27 bits per heavy atom. The van der Waals surface area contributed by atoms with Crippen LogP contribution in [0, 0.1) is 0 Å². The van der Waals surface area contributed by atoms with Gasteiger partial charge in [-0.2, -0.15) is 0 Å². The predicted octanol–water partition coefficient (Wildman–Crippen LogP) is 3.53. The zero-order chi connectivity index (χ0) is 16.6. The highest BCUT2D eigenvalue weighted by Crippen LogP contribution is 2.65. The number of nitrogens with zero attached hydrogens (tertiary/aromatic N) is 1. The Morgan fingerprint density at radius 3 is 2.27 bits per heavy atom. The van der Waals surface area contributed by atoms with E-state index in [1.54, 1.807) is 13.8 Å². The van der Waals surface area contributed by atoms with Crippen LogP contribution in [0.5, 0.6) is 0 Å². The summed E-state index contributed by atoms with van der Waals surface area (Å²) in [5.74, 6) is -0.512. The standard InChI is InChI=1S/C14H22NO5PS/c1-4-19-21(18,20-5-2)14(12-9-7-6-8-10-12)22-11-13(16)15(3)17/h6-10,14,17H,4-5,11H2,1-3H3. The smallest absolute Gasteiger partial charge is 0.308 e. The number of benzene rings is 1. The second-order valence-electron chi connectivity index (χ2n) is 4.37. The van der Waals surface area contributed by atoms with Crippen molar-refractivity contribution in [2.24, 2.45) is 0 Å². The Balaban J connectivity index is 3.04. The lowest BCUT2D eigenvalue weighted by Crippen LogP contribution is -2.24. The van der Waals surface area contributed by atoms with Crippen molar-refractivity contribution in [1.82, 2.24) is 5.06 Å². The number of thioether (sulfide) groups is 1. The van der Waals surface area contributed by atoms with Gasteiger partial charge in [0.15, 0.2) is 0 Å². The number of hydrogen-bond acceptors (Lipinski definition) is 6. The summed E-state index contributed by atoms with van der Waals surface area (Å²) < 4.78 is 23.9. The van der Waals surface area contributed by atoms with Gasteiger partial charge in [-0.3, -0.25) is 14.6 Å². The molecule has 8 heteroatoms. The molecule has 0 aromatic heterocycles. The van der Waals surface area contributed by atoms with Crippen LogP contribution >= 0.6 is 19.4 Å². The van der Waals surface area contributed by atoms with Crippen LogP contribution in [0.25, 0.3) is 0 Å². The van der Waals surface area contributed by atoms with Crippen LogP contribution in [0.15, 0.2) is 30.3 Å².